The van der Waals surface area contributed by atoms with Crippen LogP contribution >= 0.6 is 0 Å². The SMILES string of the molecule is O=C1NCCc2nocc21. The molecule has 4 nitrogen and oxygen atoms in total. The molecule has 0 fully saturated rings. The van der Waals surface area contributed by atoms with E-state index in [0.29, 0.717) is 12.1 Å². The van der Waals surface area contributed by atoms with Gasteiger partial charge in [0.1, 0.15) is 11.8 Å². The van der Waals surface area contributed by atoms with Gasteiger partial charge in [-0.1, -0.05) is 5.16 Å². The van der Waals surface area contributed by atoms with Gasteiger partial charge in [0.15, 0.2) is 0 Å². The average Bonchev–Trinajstić information content (AvgIpc) is 2.36. The highest BCUT2D eigenvalue weighted by atomic mass is 16.5. The molecule has 1 aromatic heterocycles. The molecule has 1 N–H and O–H groups in total. The number of carbonyl (C=O) groups is 1. The van der Waals surface area contributed by atoms with Crippen LogP contribution in [0.5, 0.6) is 0 Å². The van der Waals surface area contributed by atoms with Gasteiger partial charge in [-0.15, -0.1) is 0 Å². The van der Waals surface area contributed by atoms with Crippen molar-refractivity contribution in [3.05, 3.63) is 17.5 Å². The number of rotatable bonds is 0. The van der Waals surface area contributed by atoms with Crippen LogP contribution in [-0.4, -0.2) is 17.6 Å². The molecule has 1 aliphatic heterocycles. The Morgan fingerprint density at radius 2 is 2.60 bits per heavy atom. The number of carbonyl (C=O) groups excluding carboxylic acids is 1. The monoisotopic (exact) mass is 138 g/mol. The lowest BCUT2D eigenvalue weighted by Crippen LogP contribution is -2.31. The van der Waals surface area contributed by atoms with E-state index in [-0.39, 0.29) is 5.91 Å². The minimum absolute atomic E-state index is 0.0810. The summed E-state index contributed by atoms with van der Waals surface area (Å²) in [6.45, 7) is 0.665. The van der Waals surface area contributed by atoms with Gasteiger partial charge in [0.25, 0.3) is 5.91 Å². The summed E-state index contributed by atoms with van der Waals surface area (Å²) >= 11 is 0. The van der Waals surface area contributed by atoms with Crippen LogP contribution in [-0.2, 0) is 6.42 Å². The summed E-state index contributed by atoms with van der Waals surface area (Å²) in [7, 11) is 0. The highest BCUT2D eigenvalue weighted by Gasteiger charge is 2.19. The quantitative estimate of drug-likeness (QED) is 0.547. The predicted molar refractivity (Wildman–Crippen MR) is 32.5 cm³/mol. The Bertz CT molecular complexity index is 266. The maximum Gasteiger partial charge on any atom is 0.256 e. The molecule has 1 aromatic rings. The van der Waals surface area contributed by atoms with E-state index < -0.39 is 0 Å². The van der Waals surface area contributed by atoms with Gasteiger partial charge >= 0.3 is 0 Å². The topological polar surface area (TPSA) is 55.1 Å². The molecule has 1 amide bonds. The molecule has 10 heavy (non-hydrogen) atoms. The normalized spacial score (nSPS) is 16.2. The van der Waals surface area contributed by atoms with E-state index >= 15 is 0 Å². The summed E-state index contributed by atoms with van der Waals surface area (Å²) < 4.78 is 4.63. The summed E-state index contributed by atoms with van der Waals surface area (Å²) in [4.78, 5) is 10.9. The molecule has 0 spiro atoms. The molecule has 0 radical (unpaired) electrons. The first-order valence-corrected chi connectivity index (χ1v) is 3.09. The molecule has 4 heteroatoms. The summed E-state index contributed by atoms with van der Waals surface area (Å²) in [6, 6.07) is 0. The zero-order chi connectivity index (χ0) is 6.97. The van der Waals surface area contributed by atoms with E-state index in [0.717, 1.165) is 12.1 Å². The summed E-state index contributed by atoms with van der Waals surface area (Å²) in [6.07, 6.45) is 2.15. The molecule has 0 aliphatic carbocycles. The van der Waals surface area contributed by atoms with Gasteiger partial charge in [-0.05, 0) is 0 Å². The molecule has 0 aromatic carbocycles. The van der Waals surface area contributed by atoms with E-state index in [1.807, 2.05) is 0 Å². The summed E-state index contributed by atoms with van der Waals surface area (Å²) in [5.74, 6) is -0.0810. The lowest BCUT2D eigenvalue weighted by Gasteiger charge is -2.08. The Hall–Kier alpha value is -1.32. The maximum absolute atomic E-state index is 10.9. The number of fused-ring (bicyclic) bond motifs is 1. The molecule has 1 aliphatic rings. The molecule has 52 valence electrons. The molecular weight excluding hydrogens is 132 g/mol. The number of amides is 1. The molecule has 0 atom stereocenters. The van der Waals surface area contributed by atoms with E-state index in [4.69, 9.17) is 0 Å². The maximum atomic E-state index is 10.9. The van der Waals surface area contributed by atoms with Gasteiger partial charge < -0.3 is 9.84 Å². The Kier molecular flexibility index (Phi) is 1.00. The van der Waals surface area contributed by atoms with Gasteiger partial charge in [0, 0.05) is 13.0 Å². The van der Waals surface area contributed by atoms with Crippen LogP contribution in [0, 0.1) is 0 Å². The Labute approximate surface area is 57.2 Å². The largest absolute Gasteiger partial charge is 0.364 e. The zero-order valence-corrected chi connectivity index (χ0v) is 5.26. The van der Waals surface area contributed by atoms with Crippen LogP contribution in [0.25, 0.3) is 0 Å². The second-order valence-electron chi connectivity index (χ2n) is 2.18. The predicted octanol–water partition coefficient (Wildman–Crippen LogP) is -0.0395. The van der Waals surface area contributed by atoms with Crippen molar-refractivity contribution in [2.45, 2.75) is 6.42 Å². The van der Waals surface area contributed by atoms with E-state index in [9.17, 15) is 4.79 Å². The van der Waals surface area contributed by atoms with Crippen LogP contribution in [0.2, 0.25) is 0 Å². The number of nitrogens with one attached hydrogen (secondary N) is 1. The van der Waals surface area contributed by atoms with Crippen molar-refractivity contribution >= 4 is 5.91 Å². The number of nitrogens with zero attached hydrogens (tertiary/aromatic N) is 1. The minimum Gasteiger partial charge on any atom is -0.364 e. The molecular formula is C6H6N2O2. The molecule has 0 saturated carbocycles. The summed E-state index contributed by atoms with van der Waals surface area (Å²) in [5, 5.41) is 6.36. The van der Waals surface area contributed by atoms with Gasteiger partial charge in [0.2, 0.25) is 0 Å². The standard InChI is InChI=1S/C6H6N2O2/c9-6-4-3-10-8-5(4)1-2-7-6/h3H,1-2H2,(H,7,9). The Morgan fingerprint density at radius 3 is 3.40 bits per heavy atom. The fourth-order valence-corrected chi connectivity index (χ4v) is 1.01. The van der Waals surface area contributed by atoms with Gasteiger partial charge in [-0.2, -0.15) is 0 Å². The van der Waals surface area contributed by atoms with Crippen LogP contribution in [0.15, 0.2) is 10.8 Å². The lowest BCUT2D eigenvalue weighted by atomic mass is 10.1. The number of aromatic nitrogens is 1. The van der Waals surface area contributed by atoms with Gasteiger partial charge in [-0.3, -0.25) is 4.79 Å². The van der Waals surface area contributed by atoms with Gasteiger partial charge in [0.05, 0.1) is 5.69 Å². The fourth-order valence-electron chi connectivity index (χ4n) is 1.01. The van der Waals surface area contributed by atoms with Crippen LogP contribution in [0.1, 0.15) is 16.1 Å². The second kappa shape index (κ2) is 1.83. The van der Waals surface area contributed by atoms with Crippen LogP contribution < -0.4 is 5.32 Å². The Balaban J connectivity index is 2.50. The third-order valence-corrected chi connectivity index (χ3v) is 1.54. The zero-order valence-electron chi connectivity index (χ0n) is 5.26. The molecule has 2 heterocycles. The summed E-state index contributed by atoms with van der Waals surface area (Å²) in [5.41, 5.74) is 1.34. The van der Waals surface area contributed by atoms with E-state index in [1.54, 1.807) is 0 Å². The molecule has 0 unspecified atom stereocenters. The van der Waals surface area contributed by atoms with Crippen LogP contribution in [0.3, 0.4) is 0 Å². The van der Waals surface area contributed by atoms with Crippen LogP contribution in [0.4, 0.5) is 0 Å². The third kappa shape index (κ3) is 0.618. The van der Waals surface area contributed by atoms with Crippen molar-refractivity contribution < 1.29 is 9.32 Å². The highest BCUT2D eigenvalue weighted by molar-refractivity contribution is 5.95. The highest BCUT2D eigenvalue weighted by Crippen LogP contribution is 2.10. The van der Waals surface area contributed by atoms with E-state index in [1.165, 1.54) is 6.26 Å². The smallest absolute Gasteiger partial charge is 0.256 e. The second-order valence-corrected chi connectivity index (χ2v) is 2.18. The number of hydrogen-bond acceptors (Lipinski definition) is 3. The molecule has 0 bridgehead atoms. The molecule has 0 saturated heterocycles. The Morgan fingerprint density at radius 1 is 1.70 bits per heavy atom. The first-order valence-electron chi connectivity index (χ1n) is 3.09. The molecule has 2 rings (SSSR count). The minimum atomic E-state index is -0.0810. The first kappa shape index (κ1) is 5.46. The van der Waals surface area contributed by atoms with Crippen molar-refractivity contribution in [2.24, 2.45) is 0 Å². The van der Waals surface area contributed by atoms with Crippen molar-refractivity contribution in [3.63, 3.8) is 0 Å². The van der Waals surface area contributed by atoms with Gasteiger partial charge in [-0.25, -0.2) is 0 Å². The van der Waals surface area contributed by atoms with Crippen molar-refractivity contribution in [3.8, 4) is 0 Å². The van der Waals surface area contributed by atoms with E-state index in [2.05, 4.69) is 15.0 Å². The van der Waals surface area contributed by atoms with Crippen molar-refractivity contribution in [1.82, 2.24) is 10.5 Å². The van der Waals surface area contributed by atoms with Crippen molar-refractivity contribution in [1.29, 1.82) is 0 Å². The van der Waals surface area contributed by atoms with Crippen molar-refractivity contribution in [2.75, 3.05) is 6.54 Å². The third-order valence-electron chi connectivity index (χ3n) is 1.54. The fraction of sp³-hybridized carbons (Fsp3) is 0.333. The lowest BCUT2D eigenvalue weighted by molar-refractivity contribution is 0.0946. The average molecular weight is 138 g/mol. The number of hydrogen-bond donors (Lipinski definition) is 1. The first-order chi connectivity index (χ1) is 4.88.